The zero-order valence-corrected chi connectivity index (χ0v) is 17.6. The van der Waals surface area contributed by atoms with E-state index < -0.39 is 11.7 Å². The van der Waals surface area contributed by atoms with E-state index in [0.717, 1.165) is 44.4 Å². The van der Waals surface area contributed by atoms with Gasteiger partial charge < -0.3 is 15.0 Å². The first-order chi connectivity index (χ1) is 15.3. The SMILES string of the molecule is O=C(CCc1ccc(C(F)(F)F)cc1)Nc1ccc2c(c1)C(=O)N1CCCCC1CCO2. The van der Waals surface area contributed by atoms with E-state index in [1.165, 1.54) is 12.1 Å². The zero-order chi connectivity index (χ0) is 22.7. The number of carbonyl (C=O) groups excluding carboxylic acids is 2. The maximum atomic E-state index is 13.1. The van der Waals surface area contributed by atoms with Crippen molar-refractivity contribution in [1.82, 2.24) is 4.90 Å². The first-order valence-corrected chi connectivity index (χ1v) is 10.8. The van der Waals surface area contributed by atoms with Crippen LogP contribution in [0.5, 0.6) is 5.75 Å². The molecule has 8 heteroatoms. The average molecular weight is 446 g/mol. The summed E-state index contributed by atoms with van der Waals surface area (Å²) < 4.78 is 43.8. The third kappa shape index (κ3) is 5.06. The molecule has 0 aliphatic carbocycles. The molecular weight excluding hydrogens is 421 g/mol. The van der Waals surface area contributed by atoms with Crippen LogP contribution >= 0.6 is 0 Å². The summed E-state index contributed by atoms with van der Waals surface area (Å²) >= 11 is 0. The Bertz CT molecular complexity index is 989. The average Bonchev–Trinajstić information content (AvgIpc) is 2.77. The number of nitrogens with one attached hydrogen (secondary N) is 1. The van der Waals surface area contributed by atoms with Gasteiger partial charge in [0.15, 0.2) is 0 Å². The van der Waals surface area contributed by atoms with Gasteiger partial charge in [0, 0.05) is 31.1 Å². The third-order valence-electron chi connectivity index (χ3n) is 6.01. The Kier molecular flexibility index (Phi) is 6.39. The van der Waals surface area contributed by atoms with Gasteiger partial charge in [-0.1, -0.05) is 12.1 Å². The molecule has 2 aliphatic heterocycles. The van der Waals surface area contributed by atoms with Gasteiger partial charge in [0.05, 0.1) is 17.7 Å². The fourth-order valence-corrected chi connectivity index (χ4v) is 4.27. The van der Waals surface area contributed by atoms with E-state index in [4.69, 9.17) is 4.74 Å². The van der Waals surface area contributed by atoms with Gasteiger partial charge in [0.1, 0.15) is 5.75 Å². The fraction of sp³-hybridized carbons (Fsp3) is 0.417. The second kappa shape index (κ2) is 9.22. The summed E-state index contributed by atoms with van der Waals surface area (Å²) in [5.74, 6) is 0.159. The second-order valence-corrected chi connectivity index (χ2v) is 8.24. The molecule has 1 atom stereocenters. The lowest BCUT2D eigenvalue weighted by atomic mass is 9.97. The van der Waals surface area contributed by atoms with Gasteiger partial charge in [-0.05, 0) is 61.6 Å². The minimum Gasteiger partial charge on any atom is -0.493 e. The van der Waals surface area contributed by atoms with Crippen molar-refractivity contribution in [1.29, 1.82) is 0 Å². The monoisotopic (exact) mass is 446 g/mol. The highest BCUT2D eigenvalue weighted by molar-refractivity contribution is 5.99. The Balaban J connectivity index is 1.40. The Hall–Kier alpha value is -3.03. The summed E-state index contributed by atoms with van der Waals surface area (Å²) in [6.45, 7) is 1.27. The van der Waals surface area contributed by atoms with Crippen LogP contribution in [0.2, 0.25) is 0 Å². The molecule has 4 rings (SSSR count). The molecule has 1 fully saturated rings. The van der Waals surface area contributed by atoms with Crippen LogP contribution in [0.1, 0.15) is 53.6 Å². The molecule has 170 valence electrons. The first-order valence-electron chi connectivity index (χ1n) is 10.8. The Morgan fingerprint density at radius 1 is 1.09 bits per heavy atom. The third-order valence-corrected chi connectivity index (χ3v) is 6.01. The molecule has 2 amide bonds. The van der Waals surface area contributed by atoms with Crippen molar-refractivity contribution >= 4 is 17.5 Å². The Labute approximate surface area is 184 Å². The van der Waals surface area contributed by atoms with Gasteiger partial charge in [-0.3, -0.25) is 9.59 Å². The molecule has 0 saturated carbocycles. The van der Waals surface area contributed by atoms with Gasteiger partial charge >= 0.3 is 6.18 Å². The summed E-state index contributed by atoms with van der Waals surface area (Å²) in [4.78, 5) is 27.4. The van der Waals surface area contributed by atoms with Crippen LogP contribution in [-0.2, 0) is 17.4 Å². The van der Waals surface area contributed by atoms with Crippen molar-refractivity contribution in [3.8, 4) is 5.75 Å². The highest BCUT2D eigenvalue weighted by Gasteiger charge is 2.31. The number of fused-ring (bicyclic) bond motifs is 2. The van der Waals surface area contributed by atoms with Gasteiger partial charge in [-0.2, -0.15) is 13.2 Å². The zero-order valence-electron chi connectivity index (χ0n) is 17.6. The van der Waals surface area contributed by atoms with Crippen molar-refractivity contribution in [2.45, 2.75) is 50.7 Å². The number of amides is 2. The number of rotatable bonds is 4. The lowest BCUT2D eigenvalue weighted by molar-refractivity contribution is -0.137. The van der Waals surface area contributed by atoms with Crippen LogP contribution in [0, 0.1) is 0 Å². The molecule has 0 spiro atoms. The van der Waals surface area contributed by atoms with Crippen LogP contribution < -0.4 is 10.1 Å². The molecule has 1 saturated heterocycles. The van der Waals surface area contributed by atoms with Crippen molar-refractivity contribution < 1.29 is 27.5 Å². The van der Waals surface area contributed by atoms with E-state index >= 15 is 0 Å². The number of benzene rings is 2. The van der Waals surface area contributed by atoms with Crippen molar-refractivity contribution in [3.05, 3.63) is 59.2 Å². The quantitative estimate of drug-likeness (QED) is 0.715. The first kappa shape index (κ1) is 22.2. The summed E-state index contributed by atoms with van der Waals surface area (Å²) in [5.41, 5.74) is 0.866. The van der Waals surface area contributed by atoms with E-state index in [9.17, 15) is 22.8 Å². The highest BCUT2D eigenvalue weighted by atomic mass is 19.4. The minimum absolute atomic E-state index is 0.0785. The van der Waals surface area contributed by atoms with E-state index in [1.54, 1.807) is 18.2 Å². The molecule has 2 aromatic rings. The normalized spacial score (nSPS) is 18.7. The fourth-order valence-electron chi connectivity index (χ4n) is 4.27. The lowest BCUT2D eigenvalue weighted by Crippen LogP contribution is -2.45. The van der Waals surface area contributed by atoms with Crippen molar-refractivity contribution in [3.63, 3.8) is 0 Å². The molecule has 2 heterocycles. The second-order valence-electron chi connectivity index (χ2n) is 8.24. The molecule has 1 N–H and O–H groups in total. The van der Waals surface area contributed by atoms with Gasteiger partial charge in [0.25, 0.3) is 5.91 Å². The number of nitrogens with zero attached hydrogens (tertiary/aromatic N) is 1. The van der Waals surface area contributed by atoms with Crippen LogP contribution in [0.25, 0.3) is 0 Å². The van der Waals surface area contributed by atoms with Gasteiger partial charge in [-0.15, -0.1) is 0 Å². The summed E-state index contributed by atoms with van der Waals surface area (Å²) in [6, 6.07) is 10.0. The Morgan fingerprint density at radius 2 is 1.88 bits per heavy atom. The van der Waals surface area contributed by atoms with Crippen LogP contribution in [-0.4, -0.2) is 35.9 Å². The van der Waals surface area contributed by atoms with Gasteiger partial charge in [0.2, 0.25) is 5.91 Å². The van der Waals surface area contributed by atoms with E-state index in [1.807, 2.05) is 4.90 Å². The molecule has 32 heavy (non-hydrogen) atoms. The largest absolute Gasteiger partial charge is 0.493 e. The van der Waals surface area contributed by atoms with Gasteiger partial charge in [-0.25, -0.2) is 0 Å². The summed E-state index contributed by atoms with van der Waals surface area (Å²) in [7, 11) is 0. The highest BCUT2D eigenvalue weighted by Crippen LogP contribution is 2.31. The number of hydrogen-bond donors (Lipinski definition) is 1. The lowest BCUT2D eigenvalue weighted by Gasteiger charge is -2.37. The van der Waals surface area contributed by atoms with E-state index in [2.05, 4.69) is 5.32 Å². The number of halogens is 3. The van der Waals surface area contributed by atoms with E-state index in [-0.39, 0.29) is 24.3 Å². The van der Waals surface area contributed by atoms with E-state index in [0.29, 0.717) is 35.6 Å². The number of hydrogen-bond acceptors (Lipinski definition) is 3. The molecule has 0 bridgehead atoms. The number of piperidine rings is 1. The number of alkyl halides is 3. The smallest absolute Gasteiger partial charge is 0.416 e. The van der Waals surface area contributed by atoms with Crippen molar-refractivity contribution in [2.24, 2.45) is 0 Å². The minimum atomic E-state index is -4.38. The molecule has 0 aromatic heterocycles. The molecule has 0 radical (unpaired) electrons. The number of ether oxygens (including phenoxy) is 1. The standard InChI is InChI=1S/C24H25F3N2O3/c25-24(26,27)17-7-4-16(5-8-17)6-11-22(30)28-18-9-10-21-20(15-18)23(31)29-13-2-1-3-19(29)12-14-32-21/h4-5,7-10,15,19H,1-3,6,11-14H2,(H,28,30). The topological polar surface area (TPSA) is 58.6 Å². The maximum Gasteiger partial charge on any atom is 0.416 e. The molecule has 5 nitrogen and oxygen atoms in total. The maximum absolute atomic E-state index is 13.1. The Morgan fingerprint density at radius 3 is 2.62 bits per heavy atom. The predicted octanol–water partition coefficient (Wildman–Crippen LogP) is 5.05. The summed E-state index contributed by atoms with van der Waals surface area (Å²) in [5, 5.41) is 2.78. The number of aryl methyl sites for hydroxylation is 1. The molecular formula is C24H25F3N2O3. The molecule has 1 unspecified atom stereocenters. The van der Waals surface area contributed by atoms with Crippen LogP contribution in [0.3, 0.4) is 0 Å². The molecule has 2 aromatic carbocycles. The van der Waals surface area contributed by atoms with Crippen molar-refractivity contribution in [2.75, 3.05) is 18.5 Å². The van der Waals surface area contributed by atoms with Crippen LogP contribution in [0.4, 0.5) is 18.9 Å². The number of carbonyl (C=O) groups is 2. The predicted molar refractivity (Wildman–Crippen MR) is 114 cm³/mol. The summed E-state index contributed by atoms with van der Waals surface area (Å²) in [6.07, 6.45) is -0.0727. The number of anilines is 1. The van der Waals surface area contributed by atoms with Crippen LogP contribution in [0.15, 0.2) is 42.5 Å². The molecule has 2 aliphatic rings.